The van der Waals surface area contributed by atoms with Crippen LogP contribution in [-0.2, 0) is 51.5 Å². The molecule has 0 N–H and O–H groups in total. The maximum Gasteiger partial charge on any atom is 2.00 e. The van der Waals surface area contributed by atoms with E-state index >= 15 is 0 Å². The molecule has 3 heterocycles. The summed E-state index contributed by atoms with van der Waals surface area (Å²) in [6, 6.07) is 30.3. The van der Waals surface area contributed by atoms with E-state index in [2.05, 4.69) is 36.4 Å². The predicted molar refractivity (Wildman–Crippen MR) is 167 cm³/mol. The smallest absolute Gasteiger partial charge is 0.741 e. The van der Waals surface area contributed by atoms with Gasteiger partial charge in [-0.1, -0.05) is 91.0 Å². The molecule has 3 atom stereocenters. The maximum atomic E-state index is 10.7. The third kappa shape index (κ3) is 10.3. The van der Waals surface area contributed by atoms with Gasteiger partial charge in [0.2, 0.25) is 17.7 Å². The maximum absolute atomic E-state index is 10.7. The first kappa shape index (κ1) is 42.4. The van der Waals surface area contributed by atoms with Crippen molar-refractivity contribution in [2.75, 3.05) is 19.8 Å². The molecule has 0 saturated carbocycles. The van der Waals surface area contributed by atoms with Gasteiger partial charge in [-0.05, 0) is 23.6 Å². The summed E-state index contributed by atoms with van der Waals surface area (Å²) in [4.78, 5) is 15.0. The van der Waals surface area contributed by atoms with E-state index in [0.29, 0.717) is 37.5 Å². The van der Waals surface area contributed by atoms with Crippen molar-refractivity contribution < 1.29 is 83.6 Å². The monoisotopic (exact) mass is 826 g/mol. The van der Waals surface area contributed by atoms with Gasteiger partial charge in [-0.2, -0.15) is 26.3 Å². The Morgan fingerprint density at radius 3 is 0.942 bits per heavy atom. The Hall–Kier alpha value is -4.01. The molecule has 0 fully saturated rings. The fraction of sp³-hybridized carbons (Fsp3) is 0.323. The van der Waals surface area contributed by atoms with Crippen LogP contribution in [0.5, 0.6) is 0 Å². The number of ether oxygens (including phenoxy) is 3. The first-order valence-corrected chi connectivity index (χ1v) is 17.4. The molecule has 21 heteroatoms. The minimum absolute atomic E-state index is 0. The molecule has 3 aliphatic heterocycles. The summed E-state index contributed by atoms with van der Waals surface area (Å²) in [7, 11) is -12.2. The van der Waals surface area contributed by atoms with Gasteiger partial charge in [0.25, 0.3) is 0 Å². The molecule has 285 valence electrons. The number of hydrogen-bond acceptors (Lipinski definition) is 12. The third-order valence-electron chi connectivity index (χ3n) is 7.36. The molecule has 3 aromatic rings. The zero-order valence-electron chi connectivity index (χ0n) is 26.4. The second kappa shape index (κ2) is 16.8. The Balaban J connectivity index is 0.000000361. The molecule has 0 saturated heterocycles. The van der Waals surface area contributed by atoms with Crippen LogP contribution >= 0.6 is 0 Å². The van der Waals surface area contributed by atoms with Crippen molar-refractivity contribution in [2.24, 2.45) is 20.4 Å². The van der Waals surface area contributed by atoms with Crippen LogP contribution in [0.15, 0.2) is 106 Å². The molecule has 1 radical (unpaired) electrons. The Labute approximate surface area is 304 Å². The van der Waals surface area contributed by atoms with Crippen LogP contribution in [0.25, 0.3) is 0 Å². The van der Waals surface area contributed by atoms with Crippen molar-refractivity contribution in [3.63, 3.8) is 0 Å². The van der Waals surface area contributed by atoms with Crippen molar-refractivity contribution in [3.05, 3.63) is 108 Å². The summed E-state index contributed by atoms with van der Waals surface area (Å²) in [6.07, 6.45) is 0. The summed E-state index contributed by atoms with van der Waals surface area (Å²) in [6.45, 7) is 3.37. The zero-order valence-corrected chi connectivity index (χ0v) is 29.0. The normalized spacial score (nSPS) is 20.2. The van der Waals surface area contributed by atoms with Gasteiger partial charge in [0, 0.05) is 0 Å². The average Bonchev–Trinajstić information content (AvgIpc) is 3.87. The molecule has 0 aromatic heterocycles. The average molecular weight is 827 g/mol. The Bertz CT molecular complexity index is 1770. The van der Waals surface area contributed by atoms with E-state index in [4.69, 9.17) is 55.1 Å². The number of halogens is 6. The van der Waals surface area contributed by atoms with Gasteiger partial charge in [0.15, 0.2) is 25.7 Å². The molecule has 0 amide bonds. The summed E-state index contributed by atoms with van der Waals surface area (Å²) < 4.78 is 136. The summed E-state index contributed by atoms with van der Waals surface area (Å²) in [5, 5.41) is 0. The molecule has 0 spiro atoms. The van der Waals surface area contributed by atoms with E-state index in [1.807, 2.05) is 61.5 Å². The van der Waals surface area contributed by atoms with Crippen molar-refractivity contribution >= 4 is 37.9 Å². The fourth-order valence-corrected chi connectivity index (χ4v) is 4.75. The fourth-order valence-electron chi connectivity index (χ4n) is 4.75. The standard InChI is InChI=1S/C29H27N3O3.2CHF3O3S.Cu/c1-29(26-30-23(17-33-26)20-11-5-2-6-12-20,27-31-24(18-34-27)21-13-7-3-8-14-21)28-32-25(19-35-28)22-15-9-4-10-16-22;2*2-1(3,4)8(5,6)7;/h2-16,23-25H,17-19H2,1H3;2*(H,5,6,7);/q;;;+2/p-2/t23-,24-,25-;;;/m0.../s1. The number of nitrogens with zero attached hydrogens (tertiary/aromatic N) is 3. The Morgan fingerprint density at radius 1 is 0.538 bits per heavy atom. The van der Waals surface area contributed by atoms with Crippen LogP contribution in [0.2, 0.25) is 0 Å². The van der Waals surface area contributed by atoms with Gasteiger partial charge in [-0.25, -0.2) is 31.8 Å². The van der Waals surface area contributed by atoms with Crippen molar-refractivity contribution in [3.8, 4) is 0 Å². The molecule has 0 aliphatic carbocycles. The first-order valence-electron chi connectivity index (χ1n) is 14.5. The number of hydrogen-bond donors (Lipinski definition) is 0. The van der Waals surface area contributed by atoms with Crippen molar-refractivity contribution in [1.29, 1.82) is 0 Å². The number of benzene rings is 3. The van der Waals surface area contributed by atoms with Gasteiger partial charge in [0.1, 0.15) is 37.9 Å². The largest absolute Gasteiger partial charge is 2.00 e. The first-order chi connectivity index (χ1) is 23.7. The van der Waals surface area contributed by atoms with Crippen molar-refractivity contribution in [1.82, 2.24) is 0 Å². The van der Waals surface area contributed by atoms with E-state index in [9.17, 15) is 26.3 Å². The van der Waals surface area contributed by atoms with Crippen LogP contribution in [0, 0.1) is 5.41 Å². The van der Waals surface area contributed by atoms with E-state index in [1.165, 1.54) is 0 Å². The van der Waals surface area contributed by atoms with Gasteiger partial charge in [0.05, 0.1) is 0 Å². The van der Waals surface area contributed by atoms with E-state index in [0.717, 1.165) is 16.7 Å². The summed E-state index contributed by atoms with van der Waals surface area (Å²) in [5.41, 5.74) is -8.91. The molecule has 52 heavy (non-hydrogen) atoms. The predicted octanol–water partition coefficient (Wildman–Crippen LogP) is 5.60. The second-order valence-corrected chi connectivity index (χ2v) is 13.7. The van der Waals surface area contributed by atoms with Gasteiger partial charge < -0.3 is 23.3 Å². The topological polar surface area (TPSA) is 179 Å². The molecular weight excluding hydrogens is 800 g/mol. The molecule has 3 aliphatic rings. The number of alkyl halides is 6. The summed E-state index contributed by atoms with van der Waals surface area (Å²) >= 11 is 0. The Kier molecular flexibility index (Phi) is 13.7. The van der Waals surface area contributed by atoms with Crippen LogP contribution in [0.1, 0.15) is 41.7 Å². The van der Waals surface area contributed by atoms with Gasteiger partial charge in [-0.15, -0.1) is 0 Å². The summed E-state index contributed by atoms with van der Waals surface area (Å²) in [5.74, 6) is 1.60. The van der Waals surface area contributed by atoms with E-state index in [-0.39, 0.29) is 35.2 Å². The number of aliphatic imine (C=N–C) groups is 3. The SMILES string of the molecule is CC(C1=N[C@H](c2ccccc2)CO1)(C1=N[C@H](c2ccccc2)CO1)C1=N[C@H](c2ccccc2)CO1.O=S(=O)([O-])C(F)(F)F.O=S(=O)([O-])C(F)(F)F.[Cu+2]. The quantitative estimate of drug-likeness (QED) is 0.132. The number of rotatable bonds is 6. The Morgan fingerprint density at radius 2 is 0.750 bits per heavy atom. The minimum Gasteiger partial charge on any atom is -0.741 e. The molecule has 12 nitrogen and oxygen atoms in total. The second-order valence-electron chi connectivity index (χ2n) is 10.9. The van der Waals surface area contributed by atoms with Crippen molar-refractivity contribution in [2.45, 2.75) is 36.1 Å². The van der Waals surface area contributed by atoms with E-state index < -0.39 is 36.7 Å². The molecule has 0 bridgehead atoms. The third-order valence-corrected chi connectivity index (χ3v) is 8.49. The van der Waals surface area contributed by atoms with Crippen LogP contribution in [0.4, 0.5) is 26.3 Å². The van der Waals surface area contributed by atoms with Crippen LogP contribution in [-0.4, -0.2) is 74.5 Å². The minimum atomic E-state index is -6.09. The van der Waals surface area contributed by atoms with Gasteiger partial charge >= 0.3 is 28.1 Å². The van der Waals surface area contributed by atoms with E-state index in [1.54, 1.807) is 0 Å². The van der Waals surface area contributed by atoms with Crippen LogP contribution < -0.4 is 0 Å². The molecule has 0 unspecified atom stereocenters. The zero-order chi connectivity index (χ0) is 37.7. The van der Waals surface area contributed by atoms with Gasteiger partial charge in [-0.3, -0.25) is 0 Å². The molecule has 6 rings (SSSR count). The molecule has 3 aromatic carbocycles. The molecular formula is C31H27CuF6N3O9S2. The van der Waals surface area contributed by atoms with Crippen LogP contribution in [0.3, 0.4) is 0 Å².